The van der Waals surface area contributed by atoms with Crippen LogP contribution in [0.5, 0.6) is 11.5 Å². The Morgan fingerprint density at radius 2 is 1.71 bits per heavy atom. The van der Waals surface area contributed by atoms with Crippen LogP contribution in [0, 0.1) is 0 Å². The first kappa shape index (κ1) is 21.7. The number of nitrogens with one attached hydrogen (secondary N) is 2. The zero-order valence-electron chi connectivity index (χ0n) is 16.3. The minimum absolute atomic E-state index is 0.00586. The second-order valence-electron chi connectivity index (χ2n) is 6.16. The Hall–Kier alpha value is -2.58. The third-order valence-electron chi connectivity index (χ3n) is 4.40. The maximum absolute atomic E-state index is 12.4. The van der Waals surface area contributed by atoms with E-state index in [9.17, 15) is 13.2 Å². The lowest BCUT2D eigenvalue weighted by Gasteiger charge is -2.16. The molecule has 7 nitrogen and oxygen atoms in total. The summed E-state index contributed by atoms with van der Waals surface area (Å²) in [5.41, 5.74) is 1.14. The summed E-state index contributed by atoms with van der Waals surface area (Å²) in [5, 5.41) is 2.79. The Kier molecular flexibility index (Phi) is 7.83. The molecule has 8 heteroatoms. The van der Waals surface area contributed by atoms with Gasteiger partial charge in [-0.2, -0.15) is 0 Å². The maximum atomic E-state index is 12.4. The molecule has 0 saturated heterocycles. The summed E-state index contributed by atoms with van der Waals surface area (Å²) in [4.78, 5) is 12.1. The standard InChI is InChI=1S/C20H26N2O5S/c1-4-15(16-8-6-5-7-9-16)13-21-20(23)14-22-28(24,25)17-10-11-18(26-2)19(12-17)27-3/h5-12,15,22H,4,13-14H2,1-3H3,(H,21,23)/t15-/m0/s1. The molecule has 0 aliphatic carbocycles. The summed E-state index contributed by atoms with van der Waals surface area (Å²) in [5.74, 6) is 0.500. The number of benzene rings is 2. The van der Waals surface area contributed by atoms with Crippen molar-refractivity contribution in [3.63, 3.8) is 0 Å². The summed E-state index contributed by atoms with van der Waals surface area (Å²) < 4.78 is 37.4. The molecule has 0 spiro atoms. The third-order valence-corrected chi connectivity index (χ3v) is 5.80. The molecule has 0 saturated carbocycles. The van der Waals surface area contributed by atoms with Crippen LogP contribution in [0.3, 0.4) is 0 Å². The van der Waals surface area contributed by atoms with Crippen LogP contribution in [-0.2, 0) is 14.8 Å². The number of ether oxygens (including phenoxy) is 2. The molecule has 0 unspecified atom stereocenters. The number of methoxy groups -OCH3 is 2. The van der Waals surface area contributed by atoms with Crippen molar-refractivity contribution < 1.29 is 22.7 Å². The van der Waals surface area contributed by atoms with E-state index in [4.69, 9.17) is 9.47 Å². The molecular weight excluding hydrogens is 380 g/mol. The highest BCUT2D eigenvalue weighted by molar-refractivity contribution is 7.89. The zero-order valence-corrected chi connectivity index (χ0v) is 17.1. The summed E-state index contributed by atoms with van der Waals surface area (Å²) in [6.45, 7) is 2.14. The monoisotopic (exact) mass is 406 g/mol. The average molecular weight is 407 g/mol. The van der Waals surface area contributed by atoms with E-state index in [1.807, 2.05) is 37.3 Å². The van der Waals surface area contributed by atoms with Crippen LogP contribution in [0.15, 0.2) is 53.4 Å². The Morgan fingerprint density at radius 1 is 1.04 bits per heavy atom. The number of rotatable bonds is 10. The van der Waals surface area contributed by atoms with Crippen LogP contribution >= 0.6 is 0 Å². The predicted octanol–water partition coefficient (Wildman–Crippen LogP) is 2.29. The Balaban J connectivity index is 1.94. The van der Waals surface area contributed by atoms with Gasteiger partial charge in [-0.05, 0) is 24.1 Å². The van der Waals surface area contributed by atoms with Crippen LogP contribution in [0.1, 0.15) is 24.8 Å². The summed E-state index contributed by atoms with van der Waals surface area (Å²) in [6, 6.07) is 14.1. The molecule has 2 aromatic carbocycles. The summed E-state index contributed by atoms with van der Waals surface area (Å²) >= 11 is 0. The largest absolute Gasteiger partial charge is 0.493 e. The molecule has 2 N–H and O–H groups in total. The van der Waals surface area contributed by atoms with Crippen molar-refractivity contribution in [2.24, 2.45) is 0 Å². The molecule has 0 aromatic heterocycles. The highest BCUT2D eigenvalue weighted by atomic mass is 32.2. The number of carbonyl (C=O) groups excluding carboxylic acids is 1. The topological polar surface area (TPSA) is 93.7 Å². The second kappa shape index (κ2) is 10.1. The van der Waals surface area contributed by atoms with Crippen molar-refractivity contribution >= 4 is 15.9 Å². The van der Waals surface area contributed by atoms with Crippen molar-refractivity contribution in [3.8, 4) is 11.5 Å². The quantitative estimate of drug-likeness (QED) is 0.631. The molecule has 0 bridgehead atoms. The van der Waals surface area contributed by atoms with Gasteiger partial charge in [0.25, 0.3) is 0 Å². The Bertz CT molecular complexity index is 885. The van der Waals surface area contributed by atoms with E-state index in [1.165, 1.54) is 32.4 Å². The fraction of sp³-hybridized carbons (Fsp3) is 0.350. The first-order valence-corrected chi connectivity index (χ1v) is 10.4. The fourth-order valence-corrected chi connectivity index (χ4v) is 3.75. The molecule has 0 aliphatic rings. The molecule has 0 aliphatic heterocycles. The number of carbonyl (C=O) groups is 1. The third kappa shape index (κ3) is 5.71. The van der Waals surface area contributed by atoms with Crippen molar-refractivity contribution in [1.29, 1.82) is 0 Å². The smallest absolute Gasteiger partial charge is 0.241 e. The van der Waals surface area contributed by atoms with Crippen LogP contribution in [0.25, 0.3) is 0 Å². The minimum Gasteiger partial charge on any atom is -0.493 e. The molecule has 0 fully saturated rings. The van der Waals surface area contributed by atoms with Crippen LogP contribution in [-0.4, -0.2) is 41.6 Å². The lowest BCUT2D eigenvalue weighted by atomic mass is 9.96. The predicted molar refractivity (Wildman–Crippen MR) is 107 cm³/mol. The molecular formula is C20H26N2O5S. The summed E-state index contributed by atoms with van der Waals surface area (Å²) in [7, 11) is -0.967. The Labute approximate surface area is 166 Å². The molecule has 0 radical (unpaired) electrons. The van der Waals surface area contributed by atoms with Gasteiger partial charge in [0, 0.05) is 18.5 Å². The van der Waals surface area contributed by atoms with E-state index in [0.29, 0.717) is 18.0 Å². The van der Waals surface area contributed by atoms with Gasteiger partial charge in [-0.3, -0.25) is 4.79 Å². The molecule has 2 rings (SSSR count). The maximum Gasteiger partial charge on any atom is 0.241 e. The lowest BCUT2D eigenvalue weighted by Crippen LogP contribution is -2.38. The highest BCUT2D eigenvalue weighted by Crippen LogP contribution is 2.29. The number of sulfonamides is 1. The van der Waals surface area contributed by atoms with Gasteiger partial charge in [-0.15, -0.1) is 0 Å². The number of amides is 1. The van der Waals surface area contributed by atoms with Crippen molar-refractivity contribution in [2.75, 3.05) is 27.3 Å². The molecule has 2 aromatic rings. The van der Waals surface area contributed by atoms with Gasteiger partial charge in [0.1, 0.15) is 0 Å². The van der Waals surface area contributed by atoms with E-state index in [-0.39, 0.29) is 17.4 Å². The van der Waals surface area contributed by atoms with E-state index in [2.05, 4.69) is 10.0 Å². The molecule has 152 valence electrons. The minimum atomic E-state index is -3.86. The first-order chi connectivity index (χ1) is 13.4. The Morgan fingerprint density at radius 3 is 2.32 bits per heavy atom. The molecule has 1 amide bonds. The van der Waals surface area contributed by atoms with Crippen LogP contribution < -0.4 is 19.5 Å². The molecule has 28 heavy (non-hydrogen) atoms. The van der Waals surface area contributed by atoms with E-state index >= 15 is 0 Å². The normalized spacial score (nSPS) is 12.2. The van der Waals surface area contributed by atoms with Crippen LogP contribution in [0.2, 0.25) is 0 Å². The SMILES string of the molecule is CC[C@@H](CNC(=O)CNS(=O)(=O)c1ccc(OC)c(OC)c1)c1ccccc1. The fourth-order valence-electron chi connectivity index (χ4n) is 2.75. The zero-order chi connectivity index (χ0) is 20.6. The van der Waals surface area contributed by atoms with Gasteiger partial charge in [0.05, 0.1) is 25.7 Å². The van der Waals surface area contributed by atoms with E-state index < -0.39 is 15.9 Å². The van der Waals surface area contributed by atoms with Gasteiger partial charge in [0.2, 0.25) is 15.9 Å². The van der Waals surface area contributed by atoms with Gasteiger partial charge in [-0.25, -0.2) is 13.1 Å². The molecule has 0 heterocycles. The van der Waals surface area contributed by atoms with E-state index in [1.54, 1.807) is 0 Å². The first-order valence-electron chi connectivity index (χ1n) is 8.94. The van der Waals surface area contributed by atoms with Crippen molar-refractivity contribution in [2.45, 2.75) is 24.2 Å². The lowest BCUT2D eigenvalue weighted by molar-refractivity contribution is -0.120. The molecule has 1 atom stereocenters. The van der Waals surface area contributed by atoms with Gasteiger partial charge in [0.15, 0.2) is 11.5 Å². The highest BCUT2D eigenvalue weighted by Gasteiger charge is 2.18. The number of hydrogen-bond donors (Lipinski definition) is 2. The van der Waals surface area contributed by atoms with Gasteiger partial charge in [-0.1, -0.05) is 37.3 Å². The van der Waals surface area contributed by atoms with E-state index in [0.717, 1.165) is 12.0 Å². The summed E-state index contributed by atoms with van der Waals surface area (Å²) in [6.07, 6.45) is 0.863. The number of hydrogen-bond acceptors (Lipinski definition) is 5. The average Bonchev–Trinajstić information content (AvgIpc) is 2.73. The second-order valence-corrected chi connectivity index (χ2v) is 7.93. The van der Waals surface area contributed by atoms with Gasteiger partial charge < -0.3 is 14.8 Å². The van der Waals surface area contributed by atoms with Gasteiger partial charge >= 0.3 is 0 Å². The van der Waals surface area contributed by atoms with Crippen LogP contribution in [0.4, 0.5) is 0 Å². The van der Waals surface area contributed by atoms with Crippen molar-refractivity contribution in [1.82, 2.24) is 10.0 Å². The van der Waals surface area contributed by atoms with Crippen molar-refractivity contribution in [3.05, 3.63) is 54.1 Å².